The van der Waals surface area contributed by atoms with Crippen LogP contribution in [0.15, 0.2) is 96.0 Å². The van der Waals surface area contributed by atoms with E-state index >= 15 is 0 Å². The van der Waals surface area contributed by atoms with Crippen LogP contribution in [0.1, 0.15) is 66.3 Å². The van der Waals surface area contributed by atoms with Crippen molar-refractivity contribution in [2.45, 2.75) is 52.3 Å². The molecule has 2 N–H and O–H groups in total. The third-order valence-electron chi connectivity index (χ3n) is 7.40. The van der Waals surface area contributed by atoms with Gasteiger partial charge < -0.3 is 0 Å². The SMILES string of the molecule is C=C(NO)c1ccc(N2C(=O)CSC2c2ccc(F)cc2)c(C)c1.CC.CC.Cc1ccc(Br)cc1N1C(=O)CSC1c1cccc(F)c1. The third kappa shape index (κ3) is 9.75. The molecule has 2 amide bonds. The molecule has 4 aromatic carbocycles. The van der Waals surface area contributed by atoms with Gasteiger partial charge in [0.2, 0.25) is 11.8 Å². The first kappa shape index (κ1) is 39.8. The van der Waals surface area contributed by atoms with Crippen molar-refractivity contribution in [1.29, 1.82) is 0 Å². The monoisotopic (exact) mass is 769 g/mol. The van der Waals surface area contributed by atoms with Crippen LogP contribution in [0.4, 0.5) is 20.2 Å². The predicted octanol–water partition coefficient (Wildman–Crippen LogP) is 10.6. The topological polar surface area (TPSA) is 72.9 Å². The fraction of sp³-hybridized carbons (Fsp3) is 0.263. The Morgan fingerprint density at radius 3 is 1.92 bits per heavy atom. The zero-order valence-electron chi connectivity index (χ0n) is 28.5. The number of benzene rings is 4. The Hall–Kier alpha value is -3.64. The lowest BCUT2D eigenvalue weighted by atomic mass is 10.1. The fourth-order valence-electron chi connectivity index (χ4n) is 5.17. The van der Waals surface area contributed by atoms with E-state index in [-0.39, 0.29) is 34.2 Å². The Kier molecular flexibility index (Phi) is 15.4. The van der Waals surface area contributed by atoms with Crippen molar-refractivity contribution in [3.8, 4) is 0 Å². The highest BCUT2D eigenvalue weighted by molar-refractivity contribution is 9.10. The number of hydrogen-bond donors (Lipinski definition) is 2. The van der Waals surface area contributed by atoms with Crippen LogP contribution in [0.2, 0.25) is 0 Å². The molecule has 2 saturated heterocycles. The van der Waals surface area contributed by atoms with Crippen LogP contribution in [0.5, 0.6) is 0 Å². The average Bonchev–Trinajstić information content (AvgIpc) is 3.69. The Morgan fingerprint density at radius 2 is 1.35 bits per heavy atom. The zero-order chi connectivity index (χ0) is 36.2. The summed E-state index contributed by atoms with van der Waals surface area (Å²) in [6.07, 6.45) is 0. The van der Waals surface area contributed by atoms with Crippen molar-refractivity contribution in [3.05, 3.63) is 135 Å². The van der Waals surface area contributed by atoms with Crippen molar-refractivity contribution in [2.75, 3.05) is 21.3 Å². The smallest absolute Gasteiger partial charge is 0.238 e. The minimum absolute atomic E-state index is 0.0179. The second-order valence-electron chi connectivity index (χ2n) is 10.5. The zero-order valence-corrected chi connectivity index (χ0v) is 31.7. The van der Waals surface area contributed by atoms with Crippen LogP contribution in [-0.2, 0) is 9.59 Å². The lowest BCUT2D eigenvalue weighted by Gasteiger charge is -2.26. The van der Waals surface area contributed by atoms with Gasteiger partial charge in [0.25, 0.3) is 0 Å². The van der Waals surface area contributed by atoms with Gasteiger partial charge in [0, 0.05) is 15.8 Å². The molecule has 49 heavy (non-hydrogen) atoms. The van der Waals surface area contributed by atoms with E-state index in [1.54, 1.807) is 34.1 Å². The number of anilines is 2. The second kappa shape index (κ2) is 18.9. The van der Waals surface area contributed by atoms with E-state index in [0.29, 0.717) is 17.2 Å². The number of rotatable bonds is 6. The van der Waals surface area contributed by atoms with Gasteiger partial charge in [-0.05, 0) is 90.2 Å². The van der Waals surface area contributed by atoms with E-state index in [1.807, 2.05) is 83.4 Å². The third-order valence-corrected chi connectivity index (χ3v) is 10.3. The van der Waals surface area contributed by atoms with E-state index in [9.17, 15) is 18.4 Å². The Morgan fingerprint density at radius 1 is 0.755 bits per heavy atom. The van der Waals surface area contributed by atoms with Crippen LogP contribution in [-0.4, -0.2) is 28.5 Å². The van der Waals surface area contributed by atoms with Gasteiger partial charge in [-0.25, -0.2) is 8.78 Å². The summed E-state index contributed by atoms with van der Waals surface area (Å²) >= 11 is 6.49. The summed E-state index contributed by atoms with van der Waals surface area (Å²) in [6, 6.07) is 24.0. The Balaban J connectivity index is 0.000000243. The van der Waals surface area contributed by atoms with Crippen molar-refractivity contribution in [1.82, 2.24) is 5.48 Å². The van der Waals surface area contributed by atoms with Gasteiger partial charge in [0.1, 0.15) is 22.4 Å². The van der Waals surface area contributed by atoms with Crippen LogP contribution in [0.25, 0.3) is 5.70 Å². The summed E-state index contributed by atoms with van der Waals surface area (Å²) in [5, 5.41) is 8.61. The van der Waals surface area contributed by atoms with Gasteiger partial charge >= 0.3 is 0 Å². The fourth-order valence-corrected chi connectivity index (χ4v) is 7.85. The first-order chi connectivity index (χ1) is 23.6. The van der Waals surface area contributed by atoms with E-state index in [1.165, 1.54) is 47.8 Å². The maximum absolute atomic E-state index is 13.5. The number of hydrogen-bond acceptors (Lipinski definition) is 6. The largest absolute Gasteiger partial charge is 0.295 e. The lowest BCUT2D eigenvalue weighted by Crippen LogP contribution is -2.28. The number of nitrogens with zero attached hydrogens (tertiary/aromatic N) is 2. The molecule has 2 aliphatic heterocycles. The molecule has 0 aliphatic carbocycles. The molecule has 0 radical (unpaired) electrons. The maximum Gasteiger partial charge on any atom is 0.238 e. The number of thioether (sulfide) groups is 2. The molecule has 2 aliphatic rings. The molecule has 0 spiro atoms. The van der Waals surface area contributed by atoms with Gasteiger partial charge in [-0.3, -0.25) is 30.1 Å². The molecule has 260 valence electrons. The number of hydroxylamine groups is 1. The first-order valence-electron chi connectivity index (χ1n) is 15.9. The van der Waals surface area contributed by atoms with Crippen molar-refractivity contribution < 1.29 is 23.6 Å². The van der Waals surface area contributed by atoms with E-state index < -0.39 is 0 Å². The van der Waals surface area contributed by atoms with Crippen molar-refractivity contribution in [3.63, 3.8) is 0 Å². The summed E-state index contributed by atoms with van der Waals surface area (Å²) in [5.74, 6) is 0.287. The standard InChI is InChI=1S/C18H17FN2O2S.C16H13BrFNOS.2C2H6/c1-11-9-14(12(2)20-23)5-8-16(11)21-17(22)10-24-18(21)13-3-6-15(19)7-4-13;1-10-5-6-12(17)8-14(10)19-15(20)9-21-16(19)11-3-2-4-13(18)7-11;2*1-2/h3-9,18,20,23H,2,10H2,1H3;2-8,16H,9H2,1H3;2*1-2H3. The molecule has 0 saturated carbocycles. The molecule has 2 heterocycles. The summed E-state index contributed by atoms with van der Waals surface area (Å²) in [5.41, 5.74) is 8.45. The van der Waals surface area contributed by atoms with Crippen LogP contribution in [0, 0.1) is 25.5 Å². The summed E-state index contributed by atoms with van der Waals surface area (Å²) in [6.45, 7) is 15.6. The van der Waals surface area contributed by atoms with Crippen molar-refractivity contribution >= 4 is 68.3 Å². The van der Waals surface area contributed by atoms with Crippen LogP contribution < -0.4 is 15.3 Å². The van der Waals surface area contributed by atoms with Crippen LogP contribution in [0.3, 0.4) is 0 Å². The summed E-state index contributed by atoms with van der Waals surface area (Å²) in [7, 11) is 0. The predicted molar refractivity (Wildman–Crippen MR) is 205 cm³/mol. The normalized spacial score (nSPS) is 16.5. The summed E-state index contributed by atoms with van der Waals surface area (Å²) in [4.78, 5) is 28.2. The number of halogens is 3. The number of aryl methyl sites for hydroxylation is 2. The van der Waals surface area contributed by atoms with Crippen LogP contribution >= 0.6 is 39.5 Å². The van der Waals surface area contributed by atoms with Gasteiger partial charge in [-0.2, -0.15) is 0 Å². The number of amides is 2. The first-order valence-corrected chi connectivity index (χ1v) is 18.8. The molecule has 0 bridgehead atoms. The van der Waals surface area contributed by atoms with Gasteiger partial charge in [0.15, 0.2) is 0 Å². The summed E-state index contributed by atoms with van der Waals surface area (Å²) < 4.78 is 27.6. The molecule has 2 fully saturated rings. The number of carbonyl (C=O) groups is 2. The molecule has 11 heteroatoms. The quantitative estimate of drug-likeness (QED) is 0.190. The minimum atomic E-state index is -0.296. The highest BCUT2D eigenvalue weighted by Gasteiger charge is 2.36. The molecular weight excluding hydrogens is 728 g/mol. The van der Waals surface area contributed by atoms with E-state index in [2.05, 4.69) is 22.5 Å². The molecular formula is C38H42BrF2N3O3S2. The molecule has 2 unspecified atom stereocenters. The molecule has 6 rings (SSSR count). The minimum Gasteiger partial charge on any atom is -0.295 e. The Bertz CT molecular complexity index is 1760. The van der Waals surface area contributed by atoms with Crippen molar-refractivity contribution in [2.24, 2.45) is 0 Å². The van der Waals surface area contributed by atoms with E-state index in [0.717, 1.165) is 43.7 Å². The highest BCUT2D eigenvalue weighted by atomic mass is 79.9. The van der Waals surface area contributed by atoms with E-state index in [4.69, 9.17) is 5.21 Å². The number of nitrogens with one attached hydrogen (secondary N) is 1. The van der Waals surface area contributed by atoms with Gasteiger partial charge in [-0.1, -0.05) is 86.6 Å². The second-order valence-corrected chi connectivity index (χ2v) is 13.5. The highest BCUT2D eigenvalue weighted by Crippen LogP contribution is 2.44. The average molecular weight is 771 g/mol. The molecule has 4 aromatic rings. The molecule has 2 atom stereocenters. The molecule has 6 nitrogen and oxygen atoms in total. The number of carbonyl (C=O) groups excluding carboxylic acids is 2. The Labute approximate surface area is 305 Å². The van der Waals surface area contributed by atoms with Gasteiger partial charge in [-0.15, -0.1) is 23.5 Å². The maximum atomic E-state index is 13.5. The van der Waals surface area contributed by atoms with Gasteiger partial charge in [0.05, 0.1) is 17.2 Å². The lowest BCUT2D eigenvalue weighted by molar-refractivity contribution is -0.116. The molecule has 0 aromatic heterocycles.